The van der Waals surface area contributed by atoms with Crippen molar-refractivity contribution in [3.8, 4) is 0 Å². The van der Waals surface area contributed by atoms with Crippen LogP contribution in [0.4, 0.5) is 15.6 Å². The molecule has 0 bridgehead atoms. The molecule has 0 fully saturated rings. The number of benzene rings is 2. The first-order valence-corrected chi connectivity index (χ1v) is 8.03. The Labute approximate surface area is 142 Å². The SMILES string of the molecule is O=C(CNc1nc2ccccc2s1)NNC(=O)Nc1ccccc1. The van der Waals surface area contributed by atoms with Gasteiger partial charge in [-0.2, -0.15) is 0 Å². The van der Waals surface area contributed by atoms with E-state index in [-0.39, 0.29) is 12.5 Å². The van der Waals surface area contributed by atoms with Crippen molar-refractivity contribution in [2.45, 2.75) is 0 Å². The Kier molecular flexibility index (Phi) is 4.87. The molecule has 0 aliphatic heterocycles. The number of hydrazine groups is 1. The van der Waals surface area contributed by atoms with Gasteiger partial charge >= 0.3 is 6.03 Å². The quantitative estimate of drug-likeness (QED) is 0.549. The number of aromatic nitrogens is 1. The van der Waals surface area contributed by atoms with Crippen LogP contribution in [0, 0.1) is 0 Å². The maximum Gasteiger partial charge on any atom is 0.337 e. The third-order valence-corrected chi connectivity index (χ3v) is 4.04. The Bertz CT molecular complexity index is 817. The summed E-state index contributed by atoms with van der Waals surface area (Å²) in [5, 5.41) is 6.18. The van der Waals surface area contributed by atoms with Gasteiger partial charge in [-0.1, -0.05) is 41.7 Å². The number of fused-ring (bicyclic) bond motifs is 1. The summed E-state index contributed by atoms with van der Waals surface area (Å²) in [4.78, 5) is 27.8. The van der Waals surface area contributed by atoms with Crippen molar-refractivity contribution in [1.82, 2.24) is 15.8 Å². The third kappa shape index (κ3) is 4.20. The van der Waals surface area contributed by atoms with E-state index in [4.69, 9.17) is 0 Å². The minimum Gasteiger partial charge on any atom is -0.352 e. The van der Waals surface area contributed by atoms with Crippen molar-refractivity contribution in [3.05, 3.63) is 54.6 Å². The van der Waals surface area contributed by atoms with E-state index in [1.165, 1.54) is 11.3 Å². The molecule has 122 valence electrons. The molecule has 3 amide bonds. The van der Waals surface area contributed by atoms with Gasteiger partial charge in [-0.15, -0.1) is 0 Å². The van der Waals surface area contributed by atoms with E-state index in [0.717, 1.165) is 10.2 Å². The summed E-state index contributed by atoms with van der Waals surface area (Å²) in [7, 11) is 0. The smallest absolute Gasteiger partial charge is 0.337 e. The molecule has 0 saturated heterocycles. The first-order chi connectivity index (χ1) is 11.7. The number of para-hydroxylation sites is 2. The first kappa shape index (κ1) is 15.8. The van der Waals surface area contributed by atoms with Gasteiger partial charge in [-0.3, -0.25) is 10.2 Å². The molecular weight excluding hydrogens is 326 g/mol. The highest BCUT2D eigenvalue weighted by molar-refractivity contribution is 7.22. The predicted molar refractivity (Wildman–Crippen MR) is 94.8 cm³/mol. The molecule has 1 aromatic heterocycles. The van der Waals surface area contributed by atoms with Crippen LogP contribution in [0.15, 0.2) is 54.6 Å². The molecule has 7 nitrogen and oxygen atoms in total. The fraction of sp³-hybridized carbons (Fsp3) is 0.0625. The zero-order valence-electron chi connectivity index (χ0n) is 12.6. The van der Waals surface area contributed by atoms with Gasteiger partial charge in [-0.05, 0) is 24.3 Å². The number of hydrogen-bond donors (Lipinski definition) is 4. The molecule has 3 rings (SSSR count). The van der Waals surface area contributed by atoms with Crippen LogP contribution in [-0.4, -0.2) is 23.5 Å². The Hall–Kier alpha value is -3.13. The predicted octanol–water partition coefficient (Wildman–Crippen LogP) is 2.56. The average molecular weight is 341 g/mol. The highest BCUT2D eigenvalue weighted by Crippen LogP contribution is 2.24. The van der Waals surface area contributed by atoms with Crippen LogP contribution >= 0.6 is 11.3 Å². The molecule has 4 N–H and O–H groups in total. The molecule has 0 aliphatic carbocycles. The van der Waals surface area contributed by atoms with Crippen LogP contribution < -0.4 is 21.5 Å². The van der Waals surface area contributed by atoms with Gasteiger partial charge in [0.2, 0.25) is 0 Å². The summed E-state index contributed by atoms with van der Waals surface area (Å²) in [5.41, 5.74) is 6.12. The maximum atomic E-state index is 11.7. The third-order valence-electron chi connectivity index (χ3n) is 3.04. The zero-order chi connectivity index (χ0) is 16.8. The number of carbonyl (C=O) groups excluding carboxylic acids is 2. The van der Waals surface area contributed by atoms with Gasteiger partial charge < -0.3 is 10.6 Å². The summed E-state index contributed by atoms with van der Waals surface area (Å²) in [5.74, 6) is -0.377. The van der Waals surface area contributed by atoms with Gasteiger partial charge in [0.25, 0.3) is 5.91 Å². The van der Waals surface area contributed by atoms with Crippen molar-refractivity contribution in [2.24, 2.45) is 0 Å². The van der Waals surface area contributed by atoms with Crippen molar-refractivity contribution < 1.29 is 9.59 Å². The van der Waals surface area contributed by atoms with Crippen molar-refractivity contribution >= 4 is 44.3 Å². The molecule has 0 aliphatic rings. The van der Waals surface area contributed by atoms with Crippen molar-refractivity contribution in [3.63, 3.8) is 0 Å². The first-order valence-electron chi connectivity index (χ1n) is 7.21. The van der Waals surface area contributed by atoms with Gasteiger partial charge in [-0.25, -0.2) is 15.2 Å². The summed E-state index contributed by atoms with van der Waals surface area (Å²) in [6, 6.07) is 16.1. The average Bonchev–Trinajstić information content (AvgIpc) is 3.02. The van der Waals surface area contributed by atoms with Gasteiger partial charge in [0.05, 0.1) is 16.8 Å². The lowest BCUT2D eigenvalue weighted by atomic mass is 10.3. The normalized spacial score (nSPS) is 10.2. The number of nitrogens with zero attached hydrogens (tertiary/aromatic N) is 1. The summed E-state index contributed by atoms with van der Waals surface area (Å²) in [6.07, 6.45) is 0. The number of urea groups is 1. The van der Waals surface area contributed by atoms with Gasteiger partial charge in [0, 0.05) is 5.69 Å². The zero-order valence-corrected chi connectivity index (χ0v) is 13.4. The number of hydrogen-bond acceptors (Lipinski definition) is 5. The molecule has 0 spiro atoms. The van der Waals surface area contributed by atoms with E-state index in [1.807, 2.05) is 30.3 Å². The molecule has 0 unspecified atom stereocenters. The Morgan fingerprint density at radius 3 is 2.50 bits per heavy atom. The van der Waals surface area contributed by atoms with Gasteiger partial charge in [0.15, 0.2) is 5.13 Å². The van der Waals surface area contributed by atoms with E-state index in [9.17, 15) is 9.59 Å². The summed E-state index contributed by atoms with van der Waals surface area (Å²) >= 11 is 1.46. The fourth-order valence-corrected chi connectivity index (χ4v) is 2.82. The number of thiazole rings is 1. The number of carbonyl (C=O) groups is 2. The summed E-state index contributed by atoms with van der Waals surface area (Å²) < 4.78 is 1.04. The lowest BCUT2D eigenvalue weighted by molar-refractivity contribution is -0.120. The van der Waals surface area contributed by atoms with Crippen LogP contribution in [0.2, 0.25) is 0 Å². The number of amides is 3. The number of rotatable bonds is 4. The van der Waals surface area contributed by atoms with E-state index in [1.54, 1.807) is 24.3 Å². The second-order valence-corrected chi connectivity index (χ2v) is 5.86. The van der Waals surface area contributed by atoms with E-state index in [2.05, 4.69) is 26.5 Å². The highest BCUT2D eigenvalue weighted by Gasteiger charge is 2.07. The standard InChI is InChI=1S/C16H15N5O2S/c22-14(20-21-15(23)18-11-6-2-1-3-7-11)10-17-16-19-12-8-4-5-9-13(12)24-16/h1-9H,10H2,(H,17,19)(H,20,22)(H2,18,21,23). The molecule has 2 aromatic carbocycles. The molecule has 1 heterocycles. The maximum absolute atomic E-state index is 11.7. The second kappa shape index (κ2) is 7.42. The molecule has 0 saturated carbocycles. The molecule has 24 heavy (non-hydrogen) atoms. The van der Waals surface area contributed by atoms with Crippen molar-refractivity contribution in [1.29, 1.82) is 0 Å². The second-order valence-electron chi connectivity index (χ2n) is 4.83. The largest absolute Gasteiger partial charge is 0.352 e. The van der Waals surface area contributed by atoms with Crippen LogP contribution in [0.5, 0.6) is 0 Å². The monoisotopic (exact) mass is 341 g/mol. The molecule has 3 aromatic rings. The Balaban J connectivity index is 1.43. The Morgan fingerprint density at radius 1 is 0.958 bits per heavy atom. The van der Waals surface area contributed by atoms with E-state index >= 15 is 0 Å². The van der Waals surface area contributed by atoms with E-state index < -0.39 is 6.03 Å². The highest BCUT2D eigenvalue weighted by atomic mass is 32.1. The molecule has 0 atom stereocenters. The number of anilines is 2. The van der Waals surface area contributed by atoms with E-state index in [0.29, 0.717) is 10.8 Å². The minimum absolute atomic E-state index is 0.00540. The molecule has 0 radical (unpaired) electrons. The lowest BCUT2D eigenvalue weighted by Crippen LogP contribution is -2.46. The minimum atomic E-state index is -0.519. The lowest BCUT2D eigenvalue weighted by Gasteiger charge is -2.09. The molecular formula is C16H15N5O2S. The fourth-order valence-electron chi connectivity index (χ4n) is 1.96. The van der Waals surface area contributed by atoms with Crippen LogP contribution in [0.25, 0.3) is 10.2 Å². The van der Waals surface area contributed by atoms with Crippen LogP contribution in [-0.2, 0) is 4.79 Å². The van der Waals surface area contributed by atoms with Crippen molar-refractivity contribution in [2.75, 3.05) is 17.2 Å². The van der Waals surface area contributed by atoms with Crippen LogP contribution in [0.3, 0.4) is 0 Å². The molecule has 8 heteroatoms. The van der Waals surface area contributed by atoms with Crippen LogP contribution in [0.1, 0.15) is 0 Å². The van der Waals surface area contributed by atoms with Gasteiger partial charge in [0.1, 0.15) is 0 Å². The topological polar surface area (TPSA) is 95.2 Å². The summed E-state index contributed by atoms with van der Waals surface area (Å²) in [6.45, 7) is 0.00540. The Morgan fingerprint density at radius 2 is 1.71 bits per heavy atom. The number of nitrogens with one attached hydrogen (secondary N) is 4.